The van der Waals surface area contributed by atoms with E-state index in [4.69, 9.17) is 23.2 Å². The Morgan fingerprint density at radius 2 is 1.69 bits per heavy atom. The lowest BCUT2D eigenvalue weighted by Gasteiger charge is -2.27. The minimum absolute atomic E-state index is 0.0108. The average Bonchev–Trinajstić information content (AvgIpc) is 2.90. The first-order valence-corrected chi connectivity index (χ1v) is 8.82. The molecule has 0 radical (unpaired) electrons. The van der Waals surface area contributed by atoms with Gasteiger partial charge in [0.05, 0.1) is 16.1 Å². The zero-order chi connectivity index (χ0) is 18.4. The molecule has 5 nitrogen and oxygen atoms in total. The van der Waals surface area contributed by atoms with Gasteiger partial charge in [0.2, 0.25) is 0 Å². The first-order valence-electron chi connectivity index (χ1n) is 8.07. The number of benzene rings is 2. The van der Waals surface area contributed by atoms with Crippen LogP contribution >= 0.6 is 23.2 Å². The fourth-order valence-electron chi connectivity index (χ4n) is 3.37. The monoisotopic (exact) mass is 387 g/mol. The highest BCUT2D eigenvalue weighted by Gasteiger charge is 2.27. The Labute approximate surface area is 159 Å². The van der Waals surface area contributed by atoms with Crippen molar-refractivity contribution in [2.75, 3.05) is 0 Å². The number of fused-ring (bicyclic) bond motifs is 1. The number of aromatic amines is 1. The molecule has 132 valence electrons. The Balaban J connectivity index is 1.86. The standard InChI is InChI=1S/C19H15Cl2N3O2/c1-23-18(25)22-24(19(23)26)17-9-7-12(13-4-2-3-5-14(13)17)11-6-8-15(20)16(21)10-11/h2-10,12,17H,1H3,(H,22,25)/t12-,17-/m0/s1. The summed E-state index contributed by atoms with van der Waals surface area (Å²) in [5.41, 5.74) is 2.19. The Bertz CT molecular complexity index is 1140. The zero-order valence-corrected chi connectivity index (χ0v) is 15.3. The molecule has 0 aliphatic heterocycles. The van der Waals surface area contributed by atoms with Crippen LogP contribution < -0.4 is 11.4 Å². The summed E-state index contributed by atoms with van der Waals surface area (Å²) in [5.74, 6) is -0.0108. The number of rotatable bonds is 2. The smallest absolute Gasteiger partial charge is 0.246 e. The third-order valence-electron chi connectivity index (χ3n) is 4.73. The van der Waals surface area contributed by atoms with E-state index in [0.717, 1.165) is 21.3 Å². The maximum atomic E-state index is 12.4. The van der Waals surface area contributed by atoms with Crippen molar-refractivity contribution in [3.8, 4) is 0 Å². The molecule has 7 heteroatoms. The minimum Gasteiger partial charge on any atom is -0.246 e. The van der Waals surface area contributed by atoms with E-state index in [1.807, 2.05) is 48.6 Å². The molecule has 0 bridgehead atoms. The number of aromatic nitrogens is 3. The number of nitrogens with zero attached hydrogens (tertiary/aromatic N) is 2. The van der Waals surface area contributed by atoms with Crippen molar-refractivity contribution in [2.24, 2.45) is 7.05 Å². The van der Waals surface area contributed by atoms with E-state index in [1.165, 1.54) is 11.7 Å². The largest absolute Gasteiger partial charge is 0.347 e. The number of nitrogens with one attached hydrogen (secondary N) is 1. The minimum atomic E-state index is -0.438. The van der Waals surface area contributed by atoms with Gasteiger partial charge in [-0.15, -0.1) is 0 Å². The van der Waals surface area contributed by atoms with Gasteiger partial charge in [0.15, 0.2) is 0 Å². The van der Waals surface area contributed by atoms with Crippen LogP contribution in [-0.4, -0.2) is 14.3 Å². The lowest BCUT2D eigenvalue weighted by Crippen LogP contribution is -2.29. The van der Waals surface area contributed by atoms with Gasteiger partial charge in [-0.2, -0.15) is 0 Å². The number of halogens is 2. The van der Waals surface area contributed by atoms with Crippen molar-refractivity contribution in [1.82, 2.24) is 14.3 Å². The molecule has 2 aromatic carbocycles. The zero-order valence-electron chi connectivity index (χ0n) is 13.8. The van der Waals surface area contributed by atoms with E-state index < -0.39 is 5.69 Å². The topological polar surface area (TPSA) is 59.8 Å². The average molecular weight is 388 g/mol. The molecule has 1 aliphatic rings. The van der Waals surface area contributed by atoms with Crippen molar-refractivity contribution in [2.45, 2.75) is 12.0 Å². The molecule has 1 N–H and O–H groups in total. The summed E-state index contributed by atoms with van der Waals surface area (Å²) < 4.78 is 2.41. The van der Waals surface area contributed by atoms with Gasteiger partial charge in [-0.1, -0.05) is 65.7 Å². The summed E-state index contributed by atoms with van der Waals surface area (Å²) in [4.78, 5) is 24.2. The summed E-state index contributed by atoms with van der Waals surface area (Å²) in [5, 5.41) is 3.63. The van der Waals surface area contributed by atoms with E-state index in [2.05, 4.69) is 5.10 Å². The van der Waals surface area contributed by atoms with E-state index >= 15 is 0 Å². The summed E-state index contributed by atoms with van der Waals surface area (Å²) in [7, 11) is 1.45. The molecule has 1 aliphatic carbocycles. The molecule has 4 rings (SSSR count). The molecule has 1 heterocycles. The van der Waals surface area contributed by atoms with Crippen molar-refractivity contribution in [3.05, 3.63) is 102 Å². The second-order valence-corrected chi connectivity index (χ2v) is 7.05. The first kappa shape index (κ1) is 16.9. The molecule has 0 fully saturated rings. The summed E-state index contributed by atoms with van der Waals surface area (Å²) in [6.07, 6.45) is 3.94. The van der Waals surface area contributed by atoms with E-state index in [1.54, 1.807) is 6.07 Å². The van der Waals surface area contributed by atoms with Crippen LogP contribution in [0.3, 0.4) is 0 Å². The van der Waals surface area contributed by atoms with Crippen LogP contribution in [0, 0.1) is 0 Å². The van der Waals surface area contributed by atoms with Crippen LogP contribution in [0.25, 0.3) is 0 Å². The van der Waals surface area contributed by atoms with E-state index in [-0.39, 0.29) is 17.6 Å². The molecule has 3 aromatic rings. The molecule has 0 spiro atoms. The number of hydrogen-bond donors (Lipinski definition) is 1. The predicted molar refractivity (Wildman–Crippen MR) is 102 cm³/mol. The van der Waals surface area contributed by atoms with Gasteiger partial charge in [-0.3, -0.25) is 0 Å². The van der Waals surface area contributed by atoms with E-state index in [0.29, 0.717) is 10.0 Å². The molecular formula is C19H15Cl2N3O2. The van der Waals surface area contributed by atoms with Crippen molar-refractivity contribution < 1.29 is 0 Å². The van der Waals surface area contributed by atoms with Crippen molar-refractivity contribution >= 4 is 23.2 Å². The van der Waals surface area contributed by atoms with Crippen LogP contribution in [-0.2, 0) is 7.05 Å². The third kappa shape index (κ3) is 2.64. The van der Waals surface area contributed by atoms with Gasteiger partial charge in [-0.25, -0.2) is 23.9 Å². The van der Waals surface area contributed by atoms with Crippen LogP contribution in [0.4, 0.5) is 0 Å². The first-order chi connectivity index (χ1) is 12.5. The number of hydrogen-bond acceptors (Lipinski definition) is 2. The highest BCUT2D eigenvalue weighted by molar-refractivity contribution is 6.42. The van der Waals surface area contributed by atoms with E-state index in [9.17, 15) is 9.59 Å². The number of allylic oxidation sites excluding steroid dienone is 2. The van der Waals surface area contributed by atoms with Crippen molar-refractivity contribution in [3.63, 3.8) is 0 Å². The number of H-pyrrole nitrogens is 1. The predicted octanol–water partition coefficient (Wildman–Crippen LogP) is 3.47. The molecule has 0 amide bonds. The summed E-state index contributed by atoms with van der Waals surface area (Å²) in [6.45, 7) is 0. The molecule has 26 heavy (non-hydrogen) atoms. The Morgan fingerprint density at radius 1 is 0.962 bits per heavy atom. The molecule has 1 aromatic heterocycles. The molecule has 2 atom stereocenters. The second-order valence-electron chi connectivity index (χ2n) is 6.24. The highest BCUT2D eigenvalue weighted by atomic mass is 35.5. The van der Waals surface area contributed by atoms with Crippen LogP contribution in [0.2, 0.25) is 10.0 Å². The Kier molecular flexibility index (Phi) is 4.13. The van der Waals surface area contributed by atoms with Crippen LogP contribution in [0.15, 0.2) is 64.2 Å². The molecule has 0 saturated carbocycles. The van der Waals surface area contributed by atoms with Crippen LogP contribution in [0.5, 0.6) is 0 Å². The van der Waals surface area contributed by atoms with Gasteiger partial charge in [-0.05, 0) is 28.8 Å². The Morgan fingerprint density at radius 3 is 2.35 bits per heavy atom. The maximum Gasteiger partial charge on any atom is 0.347 e. The highest BCUT2D eigenvalue weighted by Crippen LogP contribution is 2.39. The van der Waals surface area contributed by atoms with Gasteiger partial charge >= 0.3 is 11.4 Å². The van der Waals surface area contributed by atoms with Gasteiger partial charge < -0.3 is 0 Å². The SMILES string of the molecule is Cn1c(=O)[nH]n([C@H]2C=C[C@@H](c3ccc(Cl)c(Cl)c3)c3ccccc32)c1=O. The molecule has 0 saturated heterocycles. The van der Waals surface area contributed by atoms with Gasteiger partial charge in [0.25, 0.3) is 0 Å². The normalized spacial score (nSPS) is 18.7. The lowest BCUT2D eigenvalue weighted by molar-refractivity contribution is 0.566. The fraction of sp³-hybridized carbons (Fsp3) is 0.158. The third-order valence-corrected chi connectivity index (χ3v) is 5.47. The maximum absolute atomic E-state index is 12.4. The molecule has 0 unspecified atom stereocenters. The van der Waals surface area contributed by atoms with Crippen LogP contribution in [0.1, 0.15) is 28.7 Å². The van der Waals surface area contributed by atoms with Gasteiger partial charge in [0, 0.05) is 13.0 Å². The summed E-state index contributed by atoms with van der Waals surface area (Å²) >= 11 is 12.2. The molecular weight excluding hydrogens is 373 g/mol. The lowest BCUT2D eigenvalue weighted by atomic mass is 9.81. The van der Waals surface area contributed by atoms with Crippen molar-refractivity contribution in [1.29, 1.82) is 0 Å². The summed E-state index contributed by atoms with van der Waals surface area (Å²) in [6, 6.07) is 13.1. The Hall–Kier alpha value is -2.50. The second kappa shape index (κ2) is 6.34. The fourth-order valence-corrected chi connectivity index (χ4v) is 3.68. The quantitative estimate of drug-likeness (QED) is 0.684. The van der Waals surface area contributed by atoms with Gasteiger partial charge in [0.1, 0.15) is 0 Å².